The van der Waals surface area contributed by atoms with Gasteiger partial charge in [0.15, 0.2) is 0 Å². The summed E-state index contributed by atoms with van der Waals surface area (Å²) in [5, 5.41) is 2.61. The molecule has 5 nitrogen and oxygen atoms in total. The summed E-state index contributed by atoms with van der Waals surface area (Å²) < 4.78 is 13.5. The minimum absolute atomic E-state index is 0.111. The van der Waals surface area contributed by atoms with Crippen molar-refractivity contribution in [2.24, 2.45) is 22.6 Å². The van der Waals surface area contributed by atoms with Crippen LogP contribution in [0.2, 0.25) is 0 Å². The molecule has 2 amide bonds. The molecule has 1 saturated heterocycles. The van der Waals surface area contributed by atoms with Gasteiger partial charge < -0.3 is 16.0 Å². The van der Waals surface area contributed by atoms with Gasteiger partial charge in [0, 0.05) is 18.2 Å². The molecule has 0 unspecified atom stereocenters. The molecular weight excluding hydrogens is 355 g/mol. The first-order valence-corrected chi connectivity index (χ1v) is 10.6. The molecule has 6 heteroatoms. The number of aliphatic imine (C=N–C) groups is 1. The third kappa shape index (κ3) is 6.30. The Bertz CT molecular complexity index is 680. The Balaban J connectivity index is 1.50. The number of benzene rings is 1. The molecule has 1 aliphatic heterocycles. The molecule has 1 aliphatic carbocycles. The number of rotatable bonds is 5. The van der Waals surface area contributed by atoms with E-state index in [2.05, 4.69) is 15.2 Å². The van der Waals surface area contributed by atoms with Gasteiger partial charge in [0.05, 0.1) is 0 Å². The average Bonchev–Trinajstić information content (AvgIpc) is 2.66. The zero-order chi connectivity index (χ0) is 19.9. The van der Waals surface area contributed by atoms with Gasteiger partial charge in [-0.25, -0.2) is 9.18 Å². The number of hydrogen-bond acceptors (Lipinski definition) is 2. The summed E-state index contributed by atoms with van der Waals surface area (Å²) in [6, 6.07) is 3.86. The highest BCUT2D eigenvalue weighted by Gasteiger charge is 2.24. The van der Waals surface area contributed by atoms with Crippen molar-refractivity contribution < 1.29 is 9.18 Å². The molecule has 28 heavy (non-hydrogen) atoms. The minimum Gasteiger partial charge on any atom is -0.387 e. The van der Waals surface area contributed by atoms with Crippen LogP contribution in [-0.2, 0) is 0 Å². The Hall–Kier alpha value is -1.95. The number of carbonyl (C=O) groups is 1. The SMILES string of the molecule is Cc1cc(F)cc(NC(=O)/N=C(\N)[C@H]2CCCN(CCC3CCCCC3)C2)c1. The molecule has 1 atom stereocenters. The van der Waals surface area contributed by atoms with Crippen molar-refractivity contribution in [2.45, 2.75) is 58.3 Å². The van der Waals surface area contributed by atoms with E-state index < -0.39 is 6.03 Å². The van der Waals surface area contributed by atoms with E-state index >= 15 is 0 Å². The van der Waals surface area contributed by atoms with Crippen molar-refractivity contribution in [3.8, 4) is 0 Å². The fourth-order valence-electron chi connectivity index (χ4n) is 4.51. The van der Waals surface area contributed by atoms with Crippen LogP contribution in [0.4, 0.5) is 14.9 Å². The summed E-state index contributed by atoms with van der Waals surface area (Å²) in [4.78, 5) is 18.7. The molecule has 1 heterocycles. The number of piperidine rings is 1. The quantitative estimate of drug-likeness (QED) is 0.567. The highest BCUT2D eigenvalue weighted by molar-refractivity contribution is 6.00. The number of aryl methyl sites for hydroxylation is 1. The minimum atomic E-state index is -0.540. The van der Waals surface area contributed by atoms with E-state index in [1.807, 2.05) is 0 Å². The second-order valence-corrected chi connectivity index (χ2v) is 8.42. The molecule has 2 fully saturated rings. The lowest BCUT2D eigenvalue weighted by Gasteiger charge is -2.33. The van der Waals surface area contributed by atoms with Crippen LogP contribution in [0.3, 0.4) is 0 Å². The van der Waals surface area contributed by atoms with Crippen molar-refractivity contribution >= 4 is 17.6 Å². The predicted molar refractivity (Wildman–Crippen MR) is 112 cm³/mol. The van der Waals surface area contributed by atoms with Crippen LogP contribution in [-0.4, -0.2) is 36.4 Å². The van der Waals surface area contributed by atoms with Gasteiger partial charge in [-0.05, 0) is 69.0 Å². The topological polar surface area (TPSA) is 70.7 Å². The summed E-state index contributed by atoms with van der Waals surface area (Å²) in [7, 11) is 0. The lowest BCUT2D eigenvalue weighted by molar-refractivity contribution is 0.182. The van der Waals surface area contributed by atoms with Crippen LogP contribution in [0.5, 0.6) is 0 Å². The van der Waals surface area contributed by atoms with E-state index in [0.717, 1.165) is 44.0 Å². The summed E-state index contributed by atoms with van der Waals surface area (Å²) >= 11 is 0. The van der Waals surface area contributed by atoms with Gasteiger partial charge in [0.2, 0.25) is 0 Å². The first kappa shape index (κ1) is 20.8. The normalized spacial score (nSPS) is 22.2. The Morgan fingerprint density at radius 3 is 2.75 bits per heavy atom. The number of amidine groups is 1. The highest BCUT2D eigenvalue weighted by Crippen LogP contribution is 2.27. The molecule has 3 rings (SSSR count). The molecule has 0 spiro atoms. The number of nitrogens with zero attached hydrogens (tertiary/aromatic N) is 2. The second-order valence-electron chi connectivity index (χ2n) is 8.42. The largest absolute Gasteiger partial charge is 0.387 e. The Labute approximate surface area is 167 Å². The van der Waals surface area contributed by atoms with Crippen LogP contribution in [0.15, 0.2) is 23.2 Å². The van der Waals surface area contributed by atoms with Crippen molar-refractivity contribution in [3.63, 3.8) is 0 Å². The van der Waals surface area contributed by atoms with Gasteiger partial charge in [-0.3, -0.25) is 0 Å². The maximum absolute atomic E-state index is 13.5. The predicted octanol–water partition coefficient (Wildman–Crippen LogP) is 4.71. The molecule has 0 aromatic heterocycles. The van der Waals surface area contributed by atoms with Gasteiger partial charge in [-0.15, -0.1) is 0 Å². The Morgan fingerprint density at radius 2 is 2.00 bits per heavy atom. The third-order valence-corrected chi connectivity index (χ3v) is 6.03. The number of likely N-dealkylation sites (tertiary alicyclic amines) is 1. The number of anilines is 1. The van der Waals surface area contributed by atoms with E-state index in [4.69, 9.17) is 5.73 Å². The first-order chi connectivity index (χ1) is 13.5. The summed E-state index contributed by atoms with van der Waals surface area (Å²) in [5.41, 5.74) is 7.30. The number of amides is 2. The van der Waals surface area contributed by atoms with E-state index in [1.165, 1.54) is 50.7 Å². The van der Waals surface area contributed by atoms with E-state index in [9.17, 15) is 9.18 Å². The summed E-state index contributed by atoms with van der Waals surface area (Å²) in [6.07, 6.45) is 10.2. The van der Waals surface area contributed by atoms with E-state index in [1.54, 1.807) is 13.0 Å². The number of hydrogen-bond donors (Lipinski definition) is 2. The molecule has 3 N–H and O–H groups in total. The average molecular weight is 389 g/mol. The summed E-state index contributed by atoms with van der Waals surface area (Å²) in [5.74, 6) is 0.988. The van der Waals surface area contributed by atoms with Crippen LogP contribution in [0.25, 0.3) is 0 Å². The Kier molecular flexibility index (Phi) is 7.43. The fraction of sp³-hybridized carbons (Fsp3) is 0.636. The molecule has 0 radical (unpaired) electrons. The standard InChI is InChI=1S/C22H33FN4O/c1-16-12-19(23)14-20(13-16)25-22(28)26-21(24)18-8-5-10-27(15-18)11-9-17-6-3-2-4-7-17/h12-14,17-18H,2-11,15H2,1H3,(H3,24,25,26,28)/t18-/m0/s1. The van der Waals surface area contributed by atoms with Gasteiger partial charge in [0.1, 0.15) is 11.7 Å². The zero-order valence-electron chi connectivity index (χ0n) is 16.9. The van der Waals surface area contributed by atoms with Crippen molar-refractivity contribution in [3.05, 3.63) is 29.6 Å². The number of urea groups is 1. The van der Waals surface area contributed by atoms with Gasteiger partial charge >= 0.3 is 6.03 Å². The zero-order valence-corrected chi connectivity index (χ0v) is 16.9. The maximum atomic E-state index is 13.5. The van der Waals surface area contributed by atoms with Gasteiger partial charge in [0.25, 0.3) is 0 Å². The van der Waals surface area contributed by atoms with Crippen molar-refractivity contribution in [1.82, 2.24) is 4.90 Å². The highest BCUT2D eigenvalue weighted by atomic mass is 19.1. The molecule has 1 aromatic rings. The summed E-state index contributed by atoms with van der Waals surface area (Å²) in [6.45, 7) is 4.86. The van der Waals surface area contributed by atoms with Crippen LogP contribution >= 0.6 is 0 Å². The number of halogens is 1. The van der Waals surface area contributed by atoms with Crippen LogP contribution in [0.1, 0.15) is 56.9 Å². The second kappa shape index (κ2) is 10.0. The van der Waals surface area contributed by atoms with Crippen molar-refractivity contribution in [2.75, 3.05) is 25.0 Å². The lowest BCUT2D eigenvalue weighted by atomic mass is 9.86. The number of nitrogens with one attached hydrogen (secondary N) is 1. The molecule has 1 saturated carbocycles. The van der Waals surface area contributed by atoms with Gasteiger partial charge in [-0.1, -0.05) is 32.1 Å². The molecular formula is C22H33FN4O. The smallest absolute Gasteiger partial charge is 0.347 e. The first-order valence-electron chi connectivity index (χ1n) is 10.6. The van der Waals surface area contributed by atoms with E-state index in [0.29, 0.717) is 11.5 Å². The molecule has 2 aliphatic rings. The van der Waals surface area contributed by atoms with E-state index in [-0.39, 0.29) is 11.7 Å². The molecule has 154 valence electrons. The number of carbonyl (C=O) groups excluding carboxylic acids is 1. The molecule has 0 bridgehead atoms. The third-order valence-electron chi connectivity index (χ3n) is 6.03. The van der Waals surface area contributed by atoms with Gasteiger partial charge in [-0.2, -0.15) is 4.99 Å². The Morgan fingerprint density at radius 1 is 1.21 bits per heavy atom. The molecule has 1 aromatic carbocycles. The number of nitrogens with two attached hydrogens (primary N) is 1. The maximum Gasteiger partial charge on any atom is 0.347 e. The van der Waals surface area contributed by atoms with Crippen molar-refractivity contribution in [1.29, 1.82) is 0 Å². The monoisotopic (exact) mass is 388 g/mol. The van der Waals surface area contributed by atoms with Crippen LogP contribution in [0, 0.1) is 24.6 Å². The fourth-order valence-corrected chi connectivity index (χ4v) is 4.51. The lowest BCUT2D eigenvalue weighted by Crippen LogP contribution is -2.42. The van der Waals surface area contributed by atoms with Crippen LogP contribution < -0.4 is 11.1 Å².